The summed E-state index contributed by atoms with van der Waals surface area (Å²) in [7, 11) is 0. The molecule has 0 bridgehead atoms. The molecule has 0 aliphatic heterocycles. The lowest BCUT2D eigenvalue weighted by Gasteiger charge is -2.15. The lowest BCUT2D eigenvalue weighted by atomic mass is 10.00. The maximum atomic E-state index is 6.69. The first-order chi connectivity index (χ1) is 25.3. The Bertz CT molecular complexity index is 3260. The normalized spacial score (nSPS) is 12.3. The quantitative estimate of drug-likeness (QED) is 0.191. The van der Waals surface area contributed by atoms with Crippen LogP contribution in [-0.4, -0.2) is 19.1 Å². The summed E-state index contributed by atoms with van der Waals surface area (Å²) < 4.78 is 11.4. The Hall–Kier alpha value is -6.98. The van der Waals surface area contributed by atoms with E-state index in [1.54, 1.807) is 0 Å². The average molecular weight is 651 g/mol. The zero-order valence-corrected chi connectivity index (χ0v) is 27.2. The lowest BCUT2D eigenvalue weighted by molar-refractivity contribution is 0.664. The van der Waals surface area contributed by atoms with Gasteiger partial charge in [0.25, 0.3) is 0 Å². The van der Waals surface area contributed by atoms with Gasteiger partial charge < -0.3 is 8.98 Å². The predicted molar refractivity (Wildman–Crippen MR) is 210 cm³/mol. The van der Waals surface area contributed by atoms with Gasteiger partial charge in [-0.15, -0.1) is 0 Å². The third kappa shape index (κ3) is 3.59. The SMILES string of the molecule is c1ccc(-n2c3ccccc3c3ccc(-c4nc5ccccc5nc4-n4c5ccc6cccc7oc8cccc9ccc4c(c98)c5c67)cc32)cc1. The molecule has 5 heteroatoms. The van der Waals surface area contributed by atoms with Crippen molar-refractivity contribution in [2.45, 2.75) is 0 Å². The van der Waals surface area contributed by atoms with Crippen LogP contribution in [0, 0.1) is 0 Å². The topological polar surface area (TPSA) is 48.8 Å². The van der Waals surface area contributed by atoms with E-state index < -0.39 is 0 Å². The summed E-state index contributed by atoms with van der Waals surface area (Å²) in [6.07, 6.45) is 0. The van der Waals surface area contributed by atoms with Gasteiger partial charge in [0.05, 0.1) is 33.1 Å². The van der Waals surface area contributed by atoms with Crippen molar-refractivity contribution in [3.05, 3.63) is 158 Å². The molecule has 0 amide bonds. The van der Waals surface area contributed by atoms with Crippen LogP contribution >= 0.6 is 0 Å². The maximum absolute atomic E-state index is 6.69. The summed E-state index contributed by atoms with van der Waals surface area (Å²) in [5.41, 5.74) is 10.8. The minimum Gasteiger partial charge on any atom is -0.456 e. The molecule has 0 aliphatic carbocycles. The van der Waals surface area contributed by atoms with Crippen LogP contribution in [0.25, 0.3) is 110 Å². The minimum absolute atomic E-state index is 0.797. The fourth-order valence-electron chi connectivity index (χ4n) is 8.51. The van der Waals surface area contributed by atoms with Gasteiger partial charge in [0.2, 0.25) is 0 Å². The van der Waals surface area contributed by atoms with E-state index >= 15 is 0 Å². The lowest BCUT2D eigenvalue weighted by Crippen LogP contribution is -2.04. The van der Waals surface area contributed by atoms with Crippen molar-refractivity contribution in [2.75, 3.05) is 0 Å². The van der Waals surface area contributed by atoms with Crippen LogP contribution in [0.2, 0.25) is 0 Å². The third-order valence-electron chi connectivity index (χ3n) is 10.6. The second-order valence-corrected chi connectivity index (χ2v) is 13.4. The van der Waals surface area contributed by atoms with Crippen molar-refractivity contribution >= 4 is 87.4 Å². The van der Waals surface area contributed by atoms with E-state index in [4.69, 9.17) is 14.4 Å². The molecular formula is C46H26N4O. The van der Waals surface area contributed by atoms with Gasteiger partial charge in [-0.25, -0.2) is 9.97 Å². The average Bonchev–Trinajstić information content (AvgIpc) is 3.65. The molecule has 8 aromatic carbocycles. The van der Waals surface area contributed by atoms with Gasteiger partial charge in [0, 0.05) is 43.6 Å². The molecule has 5 nitrogen and oxygen atoms in total. The Kier molecular flexibility index (Phi) is 5.17. The van der Waals surface area contributed by atoms with Gasteiger partial charge in [0.1, 0.15) is 16.9 Å². The first kappa shape index (κ1) is 26.9. The molecule has 12 rings (SSSR count). The molecule has 0 unspecified atom stereocenters. The number of hydrogen-bond donors (Lipinski definition) is 0. The number of benzene rings is 8. The van der Waals surface area contributed by atoms with Crippen molar-refractivity contribution in [3.63, 3.8) is 0 Å². The molecule has 4 heterocycles. The van der Waals surface area contributed by atoms with Gasteiger partial charge in [-0.05, 0) is 71.4 Å². The largest absolute Gasteiger partial charge is 0.456 e. The van der Waals surface area contributed by atoms with Crippen LogP contribution in [0.3, 0.4) is 0 Å². The predicted octanol–water partition coefficient (Wildman–Crippen LogP) is 12.0. The van der Waals surface area contributed by atoms with Gasteiger partial charge in [-0.1, -0.05) is 97.1 Å². The van der Waals surface area contributed by atoms with Crippen molar-refractivity contribution in [1.29, 1.82) is 0 Å². The first-order valence-corrected chi connectivity index (χ1v) is 17.3. The summed E-state index contributed by atoms with van der Waals surface area (Å²) in [5.74, 6) is 0.797. The standard InChI is InChI=1S/C46H26N4O/c1-2-12-30(13-3-1)49-35-17-7-4-14-31(35)32-23-20-29(26-38(32)49)45-46(48-34-16-6-5-15-33(34)47-45)50-36-24-21-27-10-8-18-39-41(27)43(36)44-37(50)25-22-28-11-9-19-40(51-39)42(28)44/h1-26H. The molecule has 0 spiro atoms. The Morgan fingerprint density at radius 1 is 0.412 bits per heavy atom. The number of rotatable bonds is 3. The molecule has 4 aromatic heterocycles. The molecule has 12 aromatic rings. The Labute approximate surface area is 290 Å². The van der Waals surface area contributed by atoms with E-state index in [9.17, 15) is 0 Å². The highest BCUT2D eigenvalue weighted by molar-refractivity contribution is 6.33. The Morgan fingerprint density at radius 3 is 1.76 bits per heavy atom. The van der Waals surface area contributed by atoms with E-state index in [0.29, 0.717) is 0 Å². The molecule has 0 N–H and O–H groups in total. The zero-order chi connectivity index (χ0) is 33.2. The second kappa shape index (κ2) is 9.80. The number of para-hydroxylation sites is 4. The molecule has 0 saturated heterocycles. The highest BCUT2D eigenvalue weighted by Gasteiger charge is 2.25. The maximum Gasteiger partial charge on any atom is 0.165 e. The van der Waals surface area contributed by atoms with Crippen molar-refractivity contribution in [3.8, 4) is 22.8 Å². The monoisotopic (exact) mass is 650 g/mol. The van der Waals surface area contributed by atoms with Gasteiger partial charge in [-0.3, -0.25) is 4.57 Å². The summed E-state index contributed by atoms with van der Waals surface area (Å²) >= 11 is 0. The van der Waals surface area contributed by atoms with E-state index in [2.05, 4.69) is 155 Å². The van der Waals surface area contributed by atoms with Crippen LogP contribution in [0.1, 0.15) is 0 Å². The first-order valence-electron chi connectivity index (χ1n) is 17.3. The summed E-state index contributed by atoms with van der Waals surface area (Å²) in [4.78, 5) is 10.9. The second-order valence-electron chi connectivity index (χ2n) is 13.4. The number of aromatic nitrogens is 4. The van der Waals surface area contributed by atoms with Gasteiger partial charge in [0.15, 0.2) is 5.82 Å². The van der Waals surface area contributed by atoms with Gasteiger partial charge >= 0.3 is 0 Å². The Morgan fingerprint density at radius 2 is 1.04 bits per heavy atom. The van der Waals surface area contributed by atoms with Crippen molar-refractivity contribution in [1.82, 2.24) is 19.1 Å². The van der Waals surface area contributed by atoms with Crippen molar-refractivity contribution in [2.24, 2.45) is 0 Å². The third-order valence-corrected chi connectivity index (χ3v) is 10.6. The fourth-order valence-corrected chi connectivity index (χ4v) is 8.51. The van der Waals surface area contributed by atoms with E-state index in [-0.39, 0.29) is 0 Å². The molecule has 0 radical (unpaired) electrons. The van der Waals surface area contributed by atoms with Gasteiger partial charge in [-0.2, -0.15) is 0 Å². The minimum atomic E-state index is 0.797. The van der Waals surface area contributed by atoms with E-state index in [0.717, 1.165) is 83.1 Å². The van der Waals surface area contributed by atoms with Crippen LogP contribution in [0.5, 0.6) is 0 Å². The van der Waals surface area contributed by atoms with E-state index in [1.165, 1.54) is 27.1 Å². The zero-order valence-electron chi connectivity index (χ0n) is 27.2. The van der Waals surface area contributed by atoms with Crippen LogP contribution in [0.15, 0.2) is 162 Å². The molecule has 0 fully saturated rings. The molecule has 0 saturated carbocycles. The van der Waals surface area contributed by atoms with Crippen molar-refractivity contribution < 1.29 is 4.42 Å². The fraction of sp³-hybridized carbons (Fsp3) is 0. The molecule has 0 aliphatic rings. The number of fused-ring (bicyclic) bond motifs is 4. The summed E-state index contributed by atoms with van der Waals surface area (Å²) in [6.45, 7) is 0. The van der Waals surface area contributed by atoms with Crippen LogP contribution < -0.4 is 0 Å². The Balaban J connectivity index is 1.24. The summed E-state index contributed by atoms with van der Waals surface area (Å²) in [6, 6.07) is 55.7. The molecular weight excluding hydrogens is 625 g/mol. The highest BCUT2D eigenvalue weighted by atomic mass is 16.3. The highest BCUT2D eigenvalue weighted by Crippen LogP contribution is 2.46. The number of nitrogens with zero attached hydrogens (tertiary/aromatic N) is 4. The molecule has 51 heavy (non-hydrogen) atoms. The summed E-state index contributed by atoms with van der Waals surface area (Å²) in [5, 5.41) is 9.30. The smallest absolute Gasteiger partial charge is 0.165 e. The molecule has 0 atom stereocenters. The van der Waals surface area contributed by atoms with E-state index in [1.807, 2.05) is 12.1 Å². The molecule has 236 valence electrons. The number of hydrogen-bond acceptors (Lipinski definition) is 3. The van der Waals surface area contributed by atoms with Crippen LogP contribution in [-0.2, 0) is 0 Å². The van der Waals surface area contributed by atoms with Crippen LogP contribution in [0.4, 0.5) is 0 Å².